The number of amidine groups is 1. The third kappa shape index (κ3) is 5.61. The molecule has 4 rings (SSSR count). The maximum Gasteiger partial charge on any atom is 0.273 e. The highest BCUT2D eigenvalue weighted by Gasteiger charge is 2.37. The van der Waals surface area contributed by atoms with E-state index in [1.54, 1.807) is 25.3 Å². The van der Waals surface area contributed by atoms with Crippen molar-refractivity contribution in [1.29, 1.82) is 5.41 Å². The van der Waals surface area contributed by atoms with Crippen LogP contribution in [0.1, 0.15) is 76.0 Å². The molecule has 0 saturated carbocycles. The molecule has 0 aromatic heterocycles. The second kappa shape index (κ2) is 10.7. The van der Waals surface area contributed by atoms with Crippen molar-refractivity contribution in [2.24, 2.45) is 5.73 Å². The smallest absolute Gasteiger partial charge is 0.273 e. The highest BCUT2D eigenvalue weighted by Crippen LogP contribution is 2.41. The first-order valence-electron chi connectivity index (χ1n) is 12.7. The zero-order valence-electron chi connectivity index (χ0n) is 21.1. The number of anilines is 1. The van der Waals surface area contributed by atoms with Crippen LogP contribution in [0.5, 0.6) is 11.5 Å². The van der Waals surface area contributed by atoms with Crippen LogP contribution < -0.4 is 25.4 Å². The Morgan fingerprint density at radius 2 is 2.06 bits per heavy atom. The molecule has 0 spiro atoms. The van der Waals surface area contributed by atoms with Crippen molar-refractivity contribution >= 4 is 17.4 Å². The summed E-state index contributed by atoms with van der Waals surface area (Å²) < 4.78 is 11.7. The van der Waals surface area contributed by atoms with E-state index in [9.17, 15) is 4.79 Å². The molecule has 2 aromatic carbocycles. The Labute approximate surface area is 208 Å². The van der Waals surface area contributed by atoms with Gasteiger partial charge < -0.3 is 25.4 Å². The van der Waals surface area contributed by atoms with Gasteiger partial charge in [0, 0.05) is 29.3 Å². The van der Waals surface area contributed by atoms with E-state index in [4.69, 9.17) is 20.6 Å². The molecule has 1 saturated heterocycles. The van der Waals surface area contributed by atoms with Crippen molar-refractivity contribution in [1.82, 2.24) is 5.32 Å². The van der Waals surface area contributed by atoms with Crippen molar-refractivity contribution in [2.45, 2.75) is 76.5 Å². The van der Waals surface area contributed by atoms with Crippen molar-refractivity contribution < 1.29 is 14.3 Å². The quantitative estimate of drug-likeness (QED) is 0.270. The monoisotopic (exact) mass is 478 g/mol. The van der Waals surface area contributed by atoms with Crippen LogP contribution in [0, 0.1) is 5.41 Å². The van der Waals surface area contributed by atoms with Crippen LogP contribution >= 0.6 is 0 Å². The molecule has 0 bridgehead atoms. The molecule has 7 nitrogen and oxygen atoms in total. The molecule has 35 heavy (non-hydrogen) atoms. The first kappa shape index (κ1) is 25.0. The van der Waals surface area contributed by atoms with Gasteiger partial charge in [-0.2, -0.15) is 0 Å². The van der Waals surface area contributed by atoms with Crippen molar-refractivity contribution in [2.75, 3.05) is 18.6 Å². The standard InChI is InChI=1S/C28H38N4O3/c1-19-10-9-16-28(2,31-19)15-7-4-8-17-32-22-11-5-6-12-24(22)35-25(27(32)33)21-18-20(26(29)30)13-14-23(21)34-3/h5-6,11-14,18-19,25,31H,4,7-10,15-17H2,1-3H3,(H3,29,30)/t19-,25-,28+/m0/s1. The molecular formula is C28H38N4O3. The van der Waals surface area contributed by atoms with E-state index < -0.39 is 6.10 Å². The summed E-state index contributed by atoms with van der Waals surface area (Å²) in [6, 6.07) is 13.4. The summed E-state index contributed by atoms with van der Waals surface area (Å²) in [5.41, 5.74) is 7.84. The molecule has 0 radical (unpaired) electrons. The summed E-state index contributed by atoms with van der Waals surface area (Å²) in [5.74, 6) is 1.01. The Morgan fingerprint density at radius 1 is 1.26 bits per heavy atom. The van der Waals surface area contributed by atoms with Crippen LogP contribution in [0.4, 0.5) is 5.69 Å². The van der Waals surface area contributed by atoms with Gasteiger partial charge in [0.25, 0.3) is 5.91 Å². The van der Waals surface area contributed by atoms with Crippen LogP contribution in [-0.4, -0.2) is 37.0 Å². The molecule has 2 aliphatic rings. The van der Waals surface area contributed by atoms with Gasteiger partial charge in [0.1, 0.15) is 17.3 Å². The third-order valence-electron chi connectivity index (χ3n) is 7.29. The normalized spacial score (nSPS) is 24.0. The Kier molecular flexibility index (Phi) is 7.65. The zero-order chi connectivity index (χ0) is 25.0. The van der Waals surface area contributed by atoms with Crippen molar-refractivity contribution in [3.63, 3.8) is 0 Å². The fraction of sp³-hybridized carbons (Fsp3) is 0.500. The highest BCUT2D eigenvalue weighted by molar-refractivity contribution is 6.01. The van der Waals surface area contributed by atoms with E-state index in [0.717, 1.165) is 31.4 Å². The topological polar surface area (TPSA) is 101 Å². The van der Waals surface area contributed by atoms with Gasteiger partial charge in [-0.1, -0.05) is 31.4 Å². The number of nitrogens with two attached hydrogens (primary N) is 1. The largest absolute Gasteiger partial charge is 0.496 e. The number of rotatable bonds is 9. The van der Waals surface area contributed by atoms with Gasteiger partial charge in [-0.15, -0.1) is 0 Å². The van der Waals surface area contributed by atoms with E-state index in [1.165, 1.54) is 19.3 Å². The average Bonchev–Trinajstić information content (AvgIpc) is 2.84. The van der Waals surface area contributed by atoms with E-state index in [2.05, 4.69) is 19.2 Å². The summed E-state index contributed by atoms with van der Waals surface area (Å²) >= 11 is 0. The van der Waals surface area contributed by atoms with Crippen LogP contribution in [0.25, 0.3) is 0 Å². The van der Waals surface area contributed by atoms with E-state index in [1.807, 2.05) is 29.2 Å². The van der Waals surface area contributed by atoms with Gasteiger partial charge in [-0.05, 0) is 69.9 Å². The number of benzene rings is 2. The Balaban J connectivity index is 1.47. The maximum atomic E-state index is 13.7. The molecule has 2 aliphatic heterocycles. The highest BCUT2D eigenvalue weighted by atomic mass is 16.5. The Morgan fingerprint density at radius 3 is 2.80 bits per heavy atom. The predicted octanol–water partition coefficient (Wildman–Crippen LogP) is 4.93. The number of fused-ring (bicyclic) bond motifs is 1. The number of methoxy groups -OCH3 is 1. The zero-order valence-corrected chi connectivity index (χ0v) is 21.1. The number of nitrogens with zero attached hydrogens (tertiary/aromatic N) is 1. The summed E-state index contributed by atoms with van der Waals surface area (Å²) in [5, 5.41) is 11.6. The molecule has 188 valence electrons. The summed E-state index contributed by atoms with van der Waals surface area (Å²) in [6.07, 6.45) is 7.20. The van der Waals surface area contributed by atoms with Crippen LogP contribution in [0.3, 0.4) is 0 Å². The number of nitrogen functional groups attached to an aromatic ring is 1. The van der Waals surface area contributed by atoms with Crippen LogP contribution in [-0.2, 0) is 4.79 Å². The van der Waals surface area contributed by atoms with Crippen LogP contribution in [0.15, 0.2) is 42.5 Å². The summed E-state index contributed by atoms with van der Waals surface area (Å²) in [4.78, 5) is 15.5. The first-order valence-corrected chi connectivity index (χ1v) is 12.7. The lowest BCUT2D eigenvalue weighted by molar-refractivity contribution is -0.126. The number of carbonyl (C=O) groups excluding carboxylic acids is 1. The molecular weight excluding hydrogens is 440 g/mol. The molecule has 1 fully saturated rings. The fourth-order valence-corrected chi connectivity index (χ4v) is 5.45. The minimum Gasteiger partial charge on any atom is -0.496 e. The van der Waals surface area contributed by atoms with E-state index in [0.29, 0.717) is 35.2 Å². The first-order chi connectivity index (χ1) is 16.8. The SMILES string of the molecule is COc1ccc(C(=N)N)cc1[C@@H]1Oc2ccccc2N(CCCCC[C@]2(C)CCC[C@H](C)N2)C1=O. The second-order valence-electron chi connectivity index (χ2n) is 10.1. The number of piperidine rings is 1. The minimum absolute atomic E-state index is 0.0648. The lowest BCUT2D eigenvalue weighted by atomic mass is 9.84. The lowest BCUT2D eigenvalue weighted by Crippen LogP contribution is -2.50. The van der Waals surface area contributed by atoms with Gasteiger partial charge in [0.2, 0.25) is 6.10 Å². The van der Waals surface area contributed by atoms with Gasteiger partial charge in [-0.25, -0.2) is 0 Å². The van der Waals surface area contributed by atoms with Crippen molar-refractivity contribution in [3.05, 3.63) is 53.6 Å². The number of hydrogen-bond donors (Lipinski definition) is 3. The number of ether oxygens (including phenoxy) is 2. The van der Waals surface area contributed by atoms with Gasteiger partial charge in [0.05, 0.1) is 12.8 Å². The van der Waals surface area contributed by atoms with Gasteiger partial charge in [-0.3, -0.25) is 10.2 Å². The molecule has 0 aliphatic carbocycles. The van der Waals surface area contributed by atoms with E-state index >= 15 is 0 Å². The molecule has 3 atom stereocenters. The van der Waals surface area contributed by atoms with E-state index in [-0.39, 0.29) is 17.3 Å². The molecule has 1 amide bonds. The van der Waals surface area contributed by atoms with Gasteiger partial charge >= 0.3 is 0 Å². The number of para-hydroxylation sites is 2. The number of carbonyl (C=O) groups is 1. The molecule has 2 aromatic rings. The molecule has 4 N–H and O–H groups in total. The lowest BCUT2D eigenvalue weighted by Gasteiger charge is -2.39. The third-order valence-corrected chi connectivity index (χ3v) is 7.29. The average molecular weight is 479 g/mol. The maximum absolute atomic E-state index is 13.7. The second-order valence-corrected chi connectivity index (χ2v) is 10.1. The number of nitrogens with one attached hydrogen (secondary N) is 2. The summed E-state index contributed by atoms with van der Waals surface area (Å²) in [7, 11) is 1.56. The molecule has 2 heterocycles. The Hall–Kier alpha value is -3.06. The molecule has 0 unspecified atom stereocenters. The number of unbranched alkanes of at least 4 members (excludes halogenated alkanes) is 2. The number of hydrogen-bond acceptors (Lipinski definition) is 5. The minimum atomic E-state index is -0.856. The fourth-order valence-electron chi connectivity index (χ4n) is 5.45. The predicted molar refractivity (Wildman–Crippen MR) is 139 cm³/mol. The molecule has 7 heteroatoms. The van der Waals surface area contributed by atoms with Crippen molar-refractivity contribution in [3.8, 4) is 11.5 Å². The summed E-state index contributed by atoms with van der Waals surface area (Å²) in [6.45, 7) is 5.25. The van der Waals surface area contributed by atoms with Crippen LogP contribution in [0.2, 0.25) is 0 Å². The van der Waals surface area contributed by atoms with Gasteiger partial charge in [0.15, 0.2) is 0 Å². The number of amides is 1. The Bertz CT molecular complexity index is 1070.